The van der Waals surface area contributed by atoms with Crippen molar-refractivity contribution < 1.29 is 14.7 Å². The fraction of sp³-hybridized carbons (Fsp3) is 0.857. The second-order valence-electron chi connectivity index (χ2n) is 5.49. The van der Waals surface area contributed by atoms with Crippen molar-refractivity contribution in [3.8, 4) is 0 Å². The van der Waals surface area contributed by atoms with Gasteiger partial charge in [-0.3, -0.25) is 0 Å². The van der Waals surface area contributed by atoms with Gasteiger partial charge in [0.25, 0.3) is 5.89 Å². The first kappa shape index (κ1) is 14.5. The van der Waals surface area contributed by atoms with Crippen LogP contribution in [0.25, 0.3) is 0 Å². The Kier molecular flexibility index (Phi) is 5.79. The lowest BCUT2D eigenvalue weighted by Gasteiger charge is -2.19. The Balaban J connectivity index is 1.80. The molecule has 0 aromatic carbocycles. The van der Waals surface area contributed by atoms with Crippen LogP contribution in [0.1, 0.15) is 69.2 Å². The molecular formula is C14H24N2O3. The summed E-state index contributed by atoms with van der Waals surface area (Å²) in [6, 6.07) is 0. The Morgan fingerprint density at radius 3 is 2.74 bits per heavy atom. The maximum absolute atomic E-state index is 9.89. The molecule has 5 heteroatoms. The van der Waals surface area contributed by atoms with Gasteiger partial charge in [0.15, 0.2) is 5.82 Å². The first-order valence-electron chi connectivity index (χ1n) is 7.41. The van der Waals surface area contributed by atoms with Crippen molar-refractivity contribution in [1.29, 1.82) is 0 Å². The molecule has 1 aromatic rings. The topological polar surface area (TPSA) is 79.4 Å². The lowest BCUT2D eigenvalue weighted by molar-refractivity contribution is 0.119. The van der Waals surface area contributed by atoms with E-state index >= 15 is 0 Å². The lowest BCUT2D eigenvalue weighted by Crippen LogP contribution is -2.10. The molecule has 0 saturated heterocycles. The van der Waals surface area contributed by atoms with Crippen LogP contribution in [0.3, 0.4) is 0 Å². The quantitative estimate of drug-likeness (QED) is 0.742. The van der Waals surface area contributed by atoms with E-state index in [2.05, 4.69) is 10.1 Å². The highest BCUT2D eigenvalue weighted by Crippen LogP contribution is 2.26. The third-order valence-electron chi connectivity index (χ3n) is 3.85. The number of aromatic nitrogens is 2. The molecule has 2 N–H and O–H groups in total. The zero-order chi connectivity index (χ0) is 13.5. The van der Waals surface area contributed by atoms with E-state index in [0.29, 0.717) is 24.7 Å². The monoisotopic (exact) mass is 268 g/mol. The van der Waals surface area contributed by atoms with Crippen LogP contribution in [0.15, 0.2) is 4.52 Å². The molecule has 1 unspecified atom stereocenters. The van der Waals surface area contributed by atoms with E-state index in [1.54, 1.807) is 0 Å². The molecule has 0 bridgehead atoms. The van der Waals surface area contributed by atoms with Gasteiger partial charge in [-0.1, -0.05) is 37.3 Å². The number of hydrogen-bond acceptors (Lipinski definition) is 5. The standard InChI is InChI=1S/C14H24N2O3/c17-9-5-4-8-12(18)14-15-13(16-19-14)10-11-6-2-1-3-7-11/h11-12,17-18H,1-10H2. The van der Waals surface area contributed by atoms with E-state index in [1.807, 2.05) is 0 Å². The maximum atomic E-state index is 9.89. The first-order chi connectivity index (χ1) is 9.29. The Labute approximate surface area is 114 Å². The number of aliphatic hydroxyl groups is 2. The van der Waals surface area contributed by atoms with Gasteiger partial charge in [0.1, 0.15) is 6.10 Å². The minimum atomic E-state index is -0.695. The second kappa shape index (κ2) is 7.60. The zero-order valence-corrected chi connectivity index (χ0v) is 11.4. The molecule has 0 aliphatic heterocycles. The molecule has 19 heavy (non-hydrogen) atoms. The molecule has 0 spiro atoms. The highest BCUT2D eigenvalue weighted by Gasteiger charge is 2.19. The molecule has 0 radical (unpaired) electrons. The van der Waals surface area contributed by atoms with E-state index < -0.39 is 6.10 Å². The smallest absolute Gasteiger partial charge is 0.255 e. The SMILES string of the molecule is OCCCCC(O)c1nc(CC2CCCCC2)no1. The number of hydrogen-bond donors (Lipinski definition) is 2. The number of aliphatic hydroxyl groups excluding tert-OH is 2. The summed E-state index contributed by atoms with van der Waals surface area (Å²) in [6.07, 6.45) is 8.65. The van der Waals surface area contributed by atoms with Gasteiger partial charge in [-0.2, -0.15) is 4.98 Å². The molecule has 1 saturated carbocycles. The van der Waals surface area contributed by atoms with E-state index in [0.717, 1.165) is 18.7 Å². The van der Waals surface area contributed by atoms with Crippen molar-refractivity contribution in [3.05, 3.63) is 11.7 Å². The van der Waals surface area contributed by atoms with Crippen molar-refractivity contribution in [2.24, 2.45) is 5.92 Å². The first-order valence-corrected chi connectivity index (χ1v) is 7.41. The number of rotatable bonds is 7. The van der Waals surface area contributed by atoms with E-state index in [-0.39, 0.29) is 6.61 Å². The third-order valence-corrected chi connectivity index (χ3v) is 3.85. The van der Waals surface area contributed by atoms with E-state index in [4.69, 9.17) is 9.63 Å². The second-order valence-corrected chi connectivity index (χ2v) is 5.49. The summed E-state index contributed by atoms with van der Waals surface area (Å²) < 4.78 is 5.13. The highest BCUT2D eigenvalue weighted by atomic mass is 16.5. The predicted octanol–water partition coefficient (Wildman–Crippen LogP) is 2.39. The highest BCUT2D eigenvalue weighted by molar-refractivity contribution is 4.91. The van der Waals surface area contributed by atoms with Crippen LogP contribution in [-0.2, 0) is 6.42 Å². The maximum Gasteiger partial charge on any atom is 0.255 e. The van der Waals surface area contributed by atoms with E-state index in [1.165, 1.54) is 32.1 Å². The molecule has 0 amide bonds. The molecule has 1 aliphatic carbocycles. The van der Waals surface area contributed by atoms with Crippen LogP contribution < -0.4 is 0 Å². The van der Waals surface area contributed by atoms with Crippen molar-refractivity contribution in [1.82, 2.24) is 10.1 Å². The van der Waals surface area contributed by atoms with Gasteiger partial charge >= 0.3 is 0 Å². The average Bonchev–Trinajstić information content (AvgIpc) is 2.89. The largest absolute Gasteiger partial charge is 0.396 e. The Morgan fingerprint density at radius 1 is 1.21 bits per heavy atom. The Bertz CT molecular complexity index is 361. The van der Waals surface area contributed by atoms with Crippen LogP contribution in [-0.4, -0.2) is 27.0 Å². The minimum absolute atomic E-state index is 0.156. The number of unbranched alkanes of at least 4 members (excludes halogenated alkanes) is 1. The summed E-state index contributed by atoms with van der Waals surface area (Å²) >= 11 is 0. The summed E-state index contributed by atoms with van der Waals surface area (Å²) in [4.78, 5) is 4.29. The normalized spacial score (nSPS) is 18.6. The molecule has 1 atom stereocenters. The molecular weight excluding hydrogens is 244 g/mol. The van der Waals surface area contributed by atoms with Crippen LogP contribution >= 0.6 is 0 Å². The van der Waals surface area contributed by atoms with Crippen molar-refractivity contribution in [2.45, 2.75) is 63.9 Å². The lowest BCUT2D eigenvalue weighted by atomic mass is 9.87. The molecule has 5 nitrogen and oxygen atoms in total. The Hall–Kier alpha value is -0.940. The predicted molar refractivity (Wildman–Crippen MR) is 70.5 cm³/mol. The van der Waals surface area contributed by atoms with Crippen molar-refractivity contribution in [2.75, 3.05) is 6.61 Å². The molecule has 1 aliphatic rings. The molecule has 2 rings (SSSR count). The van der Waals surface area contributed by atoms with Crippen LogP contribution in [0.2, 0.25) is 0 Å². The van der Waals surface area contributed by atoms with Gasteiger partial charge in [0, 0.05) is 13.0 Å². The fourth-order valence-corrected chi connectivity index (χ4v) is 2.71. The fourth-order valence-electron chi connectivity index (χ4n) is 2.71. The summed E-state index contributed by atoms with van der Waals surface area (Å²) in [6.45, 7) is 0.156. The zero-order valence-electron chi connectivity index (χ0n) is 11.4. The summed E-state index contributed by atoms with van der Waals surface area (Å²) in [5, 5.41) is 22.6. The Morgan fingerprint density at radius 2 is 2.00 bits per heavy atom. The van der Waals surface area contributed by atoms with E-state index in [9.17, 15) is 5.11 Å². The van der Waals surface area contributed by atoms with Crippen LogP contribution in [0.5, 0.6) is 0 Å². The van der Waals surface area contributed by atoms with Gasteiger partial charge < -0.3 is 14.7 Å². The van der Waals surface area contributed by atoms with Crippen LogP contribution in [0.4, 0.5) is 0 Å². The molecule has 1 aromatic heterocycles. The number of nitrogens with zero attached hydrogens (tertiary/aromatic N) is 2. The molecule has 1 heterocycles. The van der Waals surface area contributed by atoms with Crippen LogP contribution in [0, 0.1) is 5.92 Å². The summed E-state index contributed by atoms with van der Waals surface area (Å²) in [5.41, 5.74) is 0. The summed E-state index contributed by atoms with van der Waals surface area (Å²) in [5.74, 6) is 1.72. The molecule has 108 valence electrons. The van der Waals surface area contributed by atoms with Gasteiger partial charge in [-0.05, 0) is 25.2 Å². The molecule has 1 fully saturated rings. The summed E-state index contributed by atoms with van der Waals surface area (Å²) in [7, 11) is 0. The van der Waals surface area contributed by atoms with Gasteiger partial charge in [-0.15, -0.1) is 0 Å². The van der Waals surface area contributed by atoms with Crippen molar-refractivity contribution >= 4 is 0 Å². The van der Waals surface area contributed by atoms with Gasteiger partial charge in [-0.25, -0.2) is 0 Å². The van der Waals surface area contributed by atoms with Crippen molar-refractivity contribution in [3.63, 3.8) is 0 Å². The average molecular weight is 268 g/mol. The minimum Gasteiger partial charge on any atom is -0.396 e. The van der Waals surface area contributed by atoms with Gasteiger partial charge in [0.2, 0.25) is 0 Å². The van der Waals surface area contributed by atoms with Gasteiger partial charge in [0.05, 0.1) is 0 Å². The third kappa shape index (κ3) is 4.58.